The van der Waals surface area contributed by atoms with Gasteiger partial charge in [-0.2, -0.15) is 5.16 Å². The number of carbonyl (C=O) groups is 1. The summed E-state index contributed by atoms with van der Waals surface area (Å²) in [6.07, 6.45) is 0.639. The smallest absolute Gasteiger partial charge is 0.292 e. The zero-order chi connectivity index (χ0) is 16.7. The third-order valence-corrected chi connectivity index (χ3v) is 4.22. The van der Waals surface area contributed by atoms with Crippen molar-refractivity contribution in [1.29, 1.82) is 0 Å². The van der Waals surface area contributed by atoms with Gasteiger partial charge >= 0.3 is 0 Å². The molecular weight excluding hydrogens is 332 g/mol. The highest BCUT2D eigenvalue weighted by Gasteiger charge is 2.26. The Morgan fingerprint density at radius 1 is 1.29 bits per heavy atom. The van der Waals surface area contributed by atoms with Gasteiger partial charge in [-0.05, 0) is 24.3 Å². The molecule has 1 aliphatic rings. The normalized spacial score (nSPS) is 13.8. The van der Waals surface area contributed by atoms with Crippen LogP contribution in [0.15, 0.2) is 39.6 Å². The Kier molecular flexibility index (Phi) is 3.50. The Morgan fingerprint density at radius 2 is 2.08 bits per heavy atom. The maximum atomic E-state index is 12.4. The van der Waals surface area contributed by atoms with E-state index in [4.69, 9.17) is 16.1 Å². The zero-order valence-electron chi connectivity index (χ0n) is 12.5. The molecule has 1 aliphatic heterocycles. The number of hydrogen-bond acceptors (Lipinski definition) is 4. The largest absolute Gasteiger partial charge is 0.373 e. The summed E-state index contributed by atoms with van der Waals surface area (Å²) < 4.78 is 4.89. The fourth-order valence-electron chi connectivity index (χ4n) is 2.76. The minimum atomic E-state index is -0.428. The quantitative estimate of drug-likeness (QED) is 0.745. The standard InChI is InChI=1S/C16H13ClN4O3/c17-10-3-1-9(2-4-10)15-18-11-5-6-21(8-12(11)19-15)16(23)13-7-14(22)20-24-13/h1-4,7H,5-6,8H2,(H,18,19)(H,20,22). The summed E-state index contributed by atoms with van der Waals surface area (Å²) in [6, 6.07) is 8.56. The van der Waals surface area contributed by atoms with E-state index in [1.807, 2.05) is 24.3 Å². The molecule has 0 aliphatic carbocycles. The highest BCUT2D eigenvalue weighted by Crippen LogP contribution is 2.24. The molecule has 4 rings (SSSR count). The molecule has 2 N–H and O–H groups in total. The molecule has 1 aromatic carbocycles. The number of benzene rings is 1. The van der Waals surface area contributed by atoms with Crippen molar-refractivity contribution < 1.29 is 9.32 Å². The molecule has 8 heteroatoms. The number of fused-ring (bicyclic) bond motifs is 1. The van der Waals surface area contributed by atoms with Crippen LogP contribution >= 0.6 is 11.6 Å². The SMILES string of the molecule is O=C(c1cc(=O)[nH]o1)N1CCc2nc(-c3ccc(Cl)cc3)[nH]c2C1. The summed E-state index contributed by atoms with van der Waals surface area (Å²) in [6.45, 7) is 0.912. The van der Waals surface area contributed by atoms with Crippen LogP contribution in [0, 0.1) is 0 Å². The number of imidazole rings is 1. The molecule has 1 amide bonds. The Balaban J connectivity index is 1.58. The predicted molar refractivity (Wildman–Crippen MR) is 86.8 cm³/mol. The molecule has 2 aromatic heterocycles. The third-order valence-electron chi connectivity index (χ3n) is 3.97. The van der Waals surface area contributed by atoms with Gasteiger partial charge in [0.2, 0.25) is 5.76 Å². The number of halogens is 1. The van der Waals surface area contributed by atoms with E-state index in [0.717, 1.165) is 28.8 Å². The van der Waals surface area contributed by atoms with E-state index in [0.29, 0.717) is 24.5 Å². The van der Waals surface area contributed by atoms with Crippen LogP contribution in [0.25, 0.3) is 11.4 Å². The first-order valence-electron chi connectivity index (χ1n) is 7.41. The fraction of sp³-hybridized carbons (Fsp3) is 0.188. The van der Waals surface area contributed by atoms with Crippen molar-refractivity contribution in [2.24, 2.45) is 0 Å². The van der Waals surface area contributed by atoms with Crippen molar-refractivity contribution in [3.63, 3.8) is 0 Å². The van der Waals surface area contributed by atoms with Gasteiger partial charge < -0.3 is 14.4 Å². The first kappa shape index (κ1) is 14.8. The number of aromatic amines is 2. The summed E-state index contributed by atoms with van der Waals surface area (Å²) in [4.78, 5) is 33.0. The van der Waals surface area contributed by atoms with Crippen LogP contribution < -0.4 is 5.56 Å². The highest BCUT2D eigenvalue weighted by atomic mass is 35.5. The Bertz CT molecular complexity index is 954. The lowest BCUT2D eigenvalue weighted by Crippen LogP contribution is -2.35. The van der Waals surface area contributed by atoms with E-state index >= 15 is 0 Å². The van der Waals surface area contributed by atoms with E-state index in [1.165, 1.54) is 0 Å². The molecule has 0 saturated heterocycles. The molecule has 3 aromatic rings. The number of rotatable bonds is 2. The van der Waals surface area contributed by atoms with Gasteiger partial charge in [-0.15, -0.1) is 0 Å². The molecule has 7 nitrogen and oxygen atoms in total. The van der Waals surface area contributed by atoms with Crippen molar-refractivity contribution in [2.75, 3.05) is 6.54 Å². The van der Waals surface area contributed by atoms with E-state index in [1.54, 1.807) is 4.90 Å². The van der Waals surface area contributed by atoms with Crippen molar-refractivity contribution >= 4 is 17.5 Å². The zero-order valence-corrected chi connectivity index (χ0v) is 13.3. The monoisotopic (exact) mass is 344 g/mol. The predicted octanol–water partition coefficient (Wildman–Crippen LogP) is 2.21. The van der Waals surface area contributed by atoms with Gasteiger partial charge in [0.05, 0.1) is 24.0 Å². The van der Waals surface area contributed by atoms with Crippen LogP contribution in [-0.4, -0.2) is 32.5 Å². The van der Waals surface area contributed by atoms with Crippen LogP contribution in [0.2, 0.25) is 5.02 Å². The average Bonchev–Trinajstić information content (AvgIpc) is 3.20. The average molecular weight is 345 g/mol. The van der Waals surface area contributed by atoms with E-state index in [-0.39, 0.29) is 11.7 Å². The molecule has 24 heavy (non-hydrogen) atoms. The molecule has 0 fully saturated rings. The molecule has 0 radical (unpaired) electrons. The number of aromatic nitrogens is 3. The molecule has 0 saturated carbocycles. The van der Waals surface area contributed by atoms with Crippen LogP contribution in [0.5, 0.6) is 0 Å². The first-order valence-corrected chi connectivity index (χ1v) is 7.79. The summed E-state index contributed by atoms with van der Waals surface area (Å²) in [7, 11) is 0. The van der Waals surface area contributed by atoms with Crippen LogP contribution in [0.4, 0.5) is 0 Å². The second kappa shape index (κ2) is 5.68. The summed E-state index contributed by atoms with van der Waals surface area (Å²) in [5, 5.41) is 2.80. The second-order valence-electron chi connectivity index (χ2n) is 5.57. The minimum Gasteiger partial charge on any atom is -0.373 e. The summed E-state index contributed by atoms with van der Waals surface area (Å²) in [5.41, 5.74) is 2.34. The number of nitrogens with one attached hydrogen (secondary N) is 2. The van der Waals surface area contributed by atoms with Crippen LogP contribution in [0.1, 0.15) is 21.9 Å². The summed E-state index contributed by atoms with van der Waals surface area (Å²) in [5.74, 6) is 0.446. The van der Waals surface area contributed by atoms with Gasteiger partial charge in [0.15, 0.2) is 0 Å². The topological polar surface area (TPSA) is 95.0 Å². The van der Waals surface area contributed by atoms with Crippen LogP contribution in [0.3, 0.4) is 0 Å². The van der Waals surface area contributed by atoms with Gasteiger partial charge in [-0.25, -0.2) is 4.98 Å². The number of H-pyrrole nitrogens is 2. The Hall–Kier alpha value is -2.80. The molecule has 3 heterocycles. The van der Waals surface area contributed by atoms with Gasteiger partial charge in [-0.1, -0.05) is 11.6 Å². The second-order valence-corrected chi connectivity index (χ2v) is 6.01. The Morgan fingerprint density at radius 3 is 2.79 bits per heavy atom. The Labute approximate surface area is 141 Å². The molecule has 122 valence electrons. The van der Waals surface area contributed by atoms with E-state index in [9.17, 15) is 9.59 Å². The van der Waals surface area contributed by atoms with Crippen molar-refractivity contribution in [3.05, 3.63) is 62.9 Å². The molecule has 0 bridgehead atoms. The lowest BCUT2D eigenvalue weighted by atomic mass is 10.1. The molecular formula is C16H13ClN4O3. The maximum Gasteiger partial charge on any atom is 0.292 e. The number of amides is 1. The van der Waals surface area contributed by atoms with Gasteiger partial charge in [-0.3, -0.25) is 9.59 Å². The van der Waals surface area contributed by atoms with Crippen molar-refractivity contribution in [2.45, 2.75) is 13.0 Å². The van der Waals surface area contributed by atoms with Gasteiger partial charge in [0.25, 0.3) is 11.5 Å². The lowest BCUT2D eigenvalue weighted by Gasteiger charge is -2.24. The maximum absolute atomic E-state index is 12.4. The third kappa shape index (κ3) is 2.63. The molecule has 0 unspecified atom stereocenters. The number of carbonyl (C=O) groups excluding carboxylic acids is 1. The first-order chi connectivity index (χ1) is 11.6. The van der Waals surface area contributed by atoms with Gasteiger partial charge in [0, 0.05) is 23.6 Å². The van der Waals surface area contributed by atoms with Crippen molar-refractivity contribution in [3.8, 4) is 11.4 Å². The summed E-state index contributed by atoms with van der Waals surface area (Å²) >= 11 is 5.91. The number of nitrogens with zero attached hydrogens (tertiary/aromatic N) is 2. The van der Waals surface area contributed by atoms with Gasteiger partial charge in [0.1, 0.15) is 5.82 Å². The van der Waals surface area contributed by atoms with Crippen molar-refractivity contribution in [1.82, 2.24) is 20.0 Å². The van der Waals surface area contributed by atoms with Crippen LogP contribution in [-0.2, 0) is 13.0 Å². The molecule has 0 atom stereocenters. The number of hydrogen-bond donors (Lipinski definition) is 2. The lowest BCUT2D eigenvalue weighted by molar-refractivity contribution is 0.0689. The highest BCUT2D eigenvalue weighted by molar-refractivity contribution is 6.30. The minimum absolute atomic E-state index is 0.0147. The molecule has 0 spiro atoms. The van der Waals surface area contributed by atoms with E-state index < -0.39 is 5.56 Å². The fourth-order valence-corrected chi connectivity index (χ4v) is 2.88. The van der Waals surface area contributed by atoms with E-state index in [2.05, 4.69) is 15.1 Å².